The molecule has 2 nitrogen and oxygen atoms in total. The minimum atomic E-state index is 0.419. The molecule has 104 valence electrons. The molecule has 3 atom stereocenters. The molecule has 1 aromatic rings. The van der Waals surface area contributed by atoms with Crippen LogP contribution in [0.4, 0.5) is 0 Å². The lowest BCUT2D eigenvalue weighted by Crippen LogP contribution is -2.26. The van der Waals surface area contributed by atoms with E-state index in [1.54, 1.807) is 0 Å². The van der Waals surface area contributed by atoms with Crippen LogP contribution in [0.3, 0.4) is 0 Å². The van der Waals surface area contributed by atoms with Crippen molar-refractivity contribution in [3.8, 4) is 5.75 Å². The molecule has 2 aliphatic rings. The Hall–Kier alpha value is -1.02. The van der Waals surface area contributed by atoms with E-state index in [-0.39, 0.29) is 0 Å². The summed E-state index contributed by atoms with van der Waals surface area (Å²) in [5, 5.41) is 3.58. The van der Waals surface area contributed by atoms with Crippen molar-refractivity contribution >= 4 is 0 Å². The summed E-state index contributed by atoms with van der Waals surface area (Å²) in [5.41, 5.74) is 2.75. The molecule has 0 bridgehead atoms. The smallest absolute Gasteiger partial charge is 0.123 e. The fourth-order valence-corrected chi connectivity index (χ4v) is 3.72. The van der Waals surface area contributed by atoms with E-state index in [0.717, 1.165) is 30.7 Å². The van der Waals surface area contributed by atoms with Crippen LogP contribution in [0.5, 0.6) is 5.75 Å². The summed E-state index contributed by atoms with van der Waals surface area (Å²) < 4.78 is 6.10. The lowest BCUT2D eigenvalue weighted by atomic mass is 9.96. The molecule has 1 aliphatic heterocycles. The van der Waals surface area contributed by atoms with Crippen molar-refractivity contribution in [1.82, 2.24) is 5.32 Å². The van der Waals surface area contributed by atoms with Gasteiger partial charge in [0.2, 0.25) is 0 Å². The summed E-state index contributed by atoms with van der Waals surface area (Å²) in [6.45, 7) is 5.46. The Bertz CT molecular complexity index is 443. The summed E-state index contributed by atoms with van der Waals surface area (Å²) in [4.78, 5) is 0. The van der Waals surface area contributed by atoms with Gasteiger partial charge in [-0.3, -0.25) is 0 Å². The number of fused-ring (bicyclic) bond motifs is 1. The Morgan fingerprint density at radius 3 is 3.05 bits per heavy atom. The average Bonchev–Trinajstić information content (AvgIpc) is 2.96. The zero-order valence-electron chi connectivity index (χ0n) is 12.1. The quantitative estimate of drug-likeness (QED) is 0.894. The first-order valence-corrected chi connectivity index (χ1v) is 7.74. The number of rotatable bonds is 4. The highest BCUT2D eigenvalue weighted by atomic mass is 16.5. The monoisotopic (exact) mass is 259 g/mol. The molecule has 1 fully saturated rings. The Kier molecular flexibility index (Phi) is 3.79. The second-order valence-corrected chi connectivity index (χ2v) is 6.22. The largest absolute Gasteiger partial charge is 0.490 e. The van der Waals surface area contributed by atoms with Crippen LogP contribution < -0.4 is 10.1 Å². The lowest BCUT2D eigenvalue weighted by molar-refractivity contribution is 0.193. The molecule has 1 aliphatic carbocycles. The molecule has 19 heavy (non-hydrogen) atoms. The summed E-state index contributed by atoms with van der Waals surface area (Å²) in [6.07, 6.45) is 6.81. The summed E-state index contributed by atoms with van der Waals surface area (Å²) in [6, 6.07) is 7.32. The van der Waals surface area contributed by atoms with Gasteiger partial charge in [-0.25, -0.2) is 0 Å². The second-order valence-electron chi connectivity index (χ2n) is 6.22. The van der Waals surface area contributed by atoms with Crippen molar-refractivity contribution < 1.29 is 4.74 Å². The molecule has 0 spiro atoms. The lowest BCUT2D eigenvalue weighted by Gasteiger charge is -2.16. The third-order valence-electron chi connectivity index (χ3n) is 4.59. The van der Waals surface area contributed by atoms with Crippen LogP contribution >= 0.6 is 0 Å². The topological polar surface area (TPSA) is 21.3 Å². The molecular weight excluding hydrogens is 234 g/mol. The van der Waals surface area contributed by atoms with E-state index in [2.05, 4.69) is 37.4 Å². The van der Waals surface area contributed by atoms with Gasteiger partial charge in [0.1, 0.15) is 11.9 Å². The van der Waals surface area contributed by atoms with Crippen LogP contribution in [0.25, 0.3) is 0 Å². The molecular formula is C17H25NO. The van der Waals surface area contributed by atoms with E-state index in [4.69, 9.17) is 4.74 Å². The molecule has 2 heteroatoms. The zero-order chi connectivity index (χ0) is 13.2. The number of benzene rings is 1. The maximum Gasteiger partial charge on any atom is 0.123 e. The van der Waals surface area contributed by atoms with Gasteiger partial charge in [0, 0.05) is 12.5 Å². The normalized spacial score (nSPS) is 29.3. The van der Waals surface area contributed by atoms with Gasteiger partial charge < -0.3 is 10.1 Å². The van der Waals surface area contributed by atoms with Crippen molar-refractivity contribution in [3.05, 3.63) is 29.3 Å². The first-order valence-electron chi connectivity index (χ1n) is 7.74. The maximum absolute atomic E-state index is 6.10. The highest BCUT2D eigenvalue weighted by Crippen LogP contribution is 2.36. The van der Waals surface area contributed by atoms with Gasteiger partial charge in [0.15, 0.2) is 0 Å². The van der Waals surface area contributed by atoms with Crippen molar-refractivity contribution in [2.75, 3.05) is 6.54 Å². The van der Waals surface area contributed by atoms with Crippen molar-refractivity contribution in [2.45, 2.75) is 58.1 Å². The molecule has 1 aromatic carbocycles. The Balaban J connectivity index is 1.54. The van der Waals surface area contributed by atoms with Crippen molar-refractivity contribution in [3.63, 3.8) is 0 Å². The average molecular weight is 259 g/mol. The van der Waals surface area contributed by atoms with E-state index >= 15 is 0 Å². The van der Waals surface area contributed by atoms with E-state index < -0.39 is 0 Å². The van der Waals surface area contributed by atoms with E-state index in [0.29, 0.717) is 6.10 Å². The minimum absolute atomic E-state index is 0.419. The number of nitrogens with one attached hydrogen (secondary N) is 1. The van der Waals surface area contributed by atoms with E-state index in [9.17, 15) is 0 Å². The van der Waals surface area contributed by atoms with Crippen LogP contribution in [0.2, 0.25) is 0 Å². The number of ether oxygens (including phenoxy) is 1. The molecule has 0 aromatic heterocycles. The summed E-state index contributed by atoms with van der Waals surface area (Å²) >= 11 is 0. The third-order valence-corrected chi connectivity index (χ3v) is 4.59. The van der Waals surface area contributed by atoms with Gasteiger partial charge in [-0.05, 0) is 56.7 Å². The highest BCUT2D eigenvalue weighted by Gasteiger charge is 2.30. The van der Waals surface area contributed by atoms with Gasteiger partial charge in [-0.2, -0.15) is 0 Å². The Morgan fingerprint density at radius 2 is 2.21 bits per heavy atom. The fraction of sp³-hybridized carbons (Fsp3) is 0.647. The number of aryl methyl sites for hydroxylation is 1. The van der Waals surface area contributed by atoms with Gasteiger partial charge in [-0.15, -0.1) is 0 Å². The Labute approximate surface area is 116 Å². The zero-order valence-corrected chi connectivity index (χ0v) is 12.1. The molecule has 1 N–H and O–H groups in total. The van der Waals surface area contributed by atoms with Crippen molar-refractivity contribution in [2.24, 2.45) is 5.92 Å². The summed E-state index contributed by atoms with van der Waals surface area (Å²) in [7, 11) is 0. The molecule has 3 unspecified atom stereocenters. The number of hydrogen-bond acceptors (Lipinski definition) is 2. The van der Waals surface area contributed by atoms with Gasteiger partial charge in [-0.1, -0.05) is 24.6 Å². The van der Waals surface area contributed by atoms with Crippen LogP contribution in [-0.2, 0) is 6.42 Å². The molecule has 0 saturated heterocycles. The molecule has 3 rings (SSSR count). The van der Waals surface area contributed by atoms with E-state index in [1.807, 2.05) is 0 Å². The molecule has 1 heterocycles. The second kappa shape index (κ2) is 5.54. The van der Waals surface area contributed by atoms with Gasteiger partial charge in [0.05, 0.1) is 0 Å². The van der Waals surface area contributed by atoms with Crippen LogP contribution in [0, 0.1) is 12.8 Å². The fourth-order valence-electron chi connectivity index (χ4n) is 3.72. The first kappa shape index (κ1) is 13.0. The number of hydrogen-bond donors (Lipinski definition) is 1. The highest BCUT2D eigenvalue weighted by molar-refractivity contribution is 5.40. The SMILES string of the molecule is CCNC1CCC(CC2Cc3cc(C)ccc3O2)C1. The van der Waals surface area contributed by atoms with Crippen LogP contribution in [0.15, 0.2) is 18.2 Å². The predicted molar refractivity (Wildman–Crippen MR) is 78.7 cm³/mol. The summed E-state index contributed by atoms with van der Waals surface area (Å²) in [5.74, 6) is 1.97. The standard InChI is InChI=1S/C17H25NO/c1-3-18-15-6-5-13(9-15)10-16-11-14-8-12(2)4-7-17(14)19-16/h4,7-8,13,15-16,18H,3,5-6,9-11H2,1-2H3. The van der Waals surface area contributed by atoms with E-state index in [1.165, 1.54) is 36.8 Å². The van der Waals surface area contributed by atoms with Crippen LogP contribution in [0.1, 0.15) is 43.7 Å². The molecule has 0 radical (unpaired) electrons. The van der Waals surface area contributed by atoms with Gasteiger partial charge >= 0.3 is 0 Å². The maximum atomic E-state index is 6.10. The molecule has 1 saturated carbocycles. The van der Waals surface area contributed by atoms with Crippen molar-refractivity contribution in [1.29, 1.82) is 0 Å². The Morgan fingerprint density at radius 1 is 1.32 bits per heavy atom. The van der Waals surface area contributed by atoms with Gasteiger partial charge in [0.25, 0.3) is 0 Å². The first-order chi connectivity index (χ1) is 9.24. The minimum Gasteiger partial charge on any atom is -0.490 e. The predicted octanol–water partition coefficient (Wildman–Crippen LogP) is 3.47. The van der Waals surface area contributed by atoms with Crippen LogP contribution in [-0.4, -0.2) is 18.7 Å². The molecule has 0 amide bonds. The third kappa shape index (κ3) is 2.94.